The molecule has 10 heavy (non-hydrogen) atoms. The van der Waals surface area contributed by atoms with Crippen LogP contribution < -0.4 is 0 Å². The van der Waals surface area contributed by atoms with Crippen LogP contribution in [0.25, 0.3) is 4.85 Å². The molecule has 4 nitrogen and oxygen atoms in total. The van der Waals surface area contributed by atoms with Gasteiger partial charge < -0.3 is 4.85 Å². The summed E-state index contributed by atoms with van der Waals surface area (Å²) in [4.78, 5) is 3.13. The number of aromatic nitrogens is 2. The highest BCUT2D eigenvalue weighted by atomic mass is 15.3. The molecule has 0 aliphatic rings. The highest BCUT2D eigenvalue weighted by Gasteiger charge is 2.05. The van der Waals surface area contributed by atoms with E-state index in [-0.39, 0.29) is 0 Å². The van der Waals surface area contributed by atoms with Crippen LogP contribution in [0.3, 0.4) is 0 Å². The van der Waals surface area contributed by atoms with Crippen LogP contribution in [0, 0.1) is 17.9 Å². The molecule has 0 aliphatic carbocycles. The summed E-state index contributed by atoms with van der Waals surface area (Å²) in [5.41, 5.74) is 0.331. The van der Waals surface area contributed by atoms with Crippen molar-refractivity contribution in [2.24, 2.45) is 7.05 Å². The van der Waals surface area contributed by atoms with E-state index in [4.69, 9.17) is 11.8 Å². The van der Waals surface area contributed by atoms with Crippen molar-refractivity contribution in [1.82, 2.24) is 9.78 Å². The Kier molecular flexibility index (Phi) is 1.39. The smallest absolute Gasteiger partial charge is 0.269 e. The molecule has 0 radical (unpaired) electrons. The Bertz CT molecular complexity index is 322. The fourth-order valence-corrected chi connectivity index (χ4v) is 0.643. The maximum atomic E-state index is 8.42. The lowest BCUT2D eigenvalue weighted by molar-refractivity contribution is 0.782. The summed E-state index contributed by atoms with van der Waals surface area (Å²) in [7, 11) is 1.63. The van der Waals surface area contributed by atoms with Crippen molar-refractivity contribution >= 4 is 5.82 Å². The van der Waals surface area contributed by atoms with E-state index < -0.39 is 0 Å². The van der Waals surface area contributed by atoms with Crippen molar-refractivity contribution in [2.45, 2.75) is 0 Å². The molecule has 1 aromatic heterocycles. The molecule has 0 fully saturated rings. The maximum absolute atomic E-state index is 8.42. The summed E-state index contributed by atoms with van der Waals surface area (Å²) in [6.07, 6.45) is 1.38. The van der Waals surface area contributed by atoms with Gasteiger partial charge in [-0.15, -0.1) is 5.10 Å². The molecule has 0 unspecified atom stereocenters. The van der Waals surface area contributed by atoms with Crippen LogP contribution in [0.15, 0.2) is 6.20 Å². The maximum Gasteiger partial charge on any atom is 0.269 e. The molecule has 0 aliphatic heterocycles. The first-order chi connectivity index (χ1) is 4.79. The van der Waals surface area contributed by atoms with Crippen LogP contribution in [0.1, 0.15) is 5.56 Å². The van der Waals surface area contributed by atoms with Gasteiger partial charge in [0.2, 0.25) is 0 Å². The van der Waals surface area contributed by atoms with E-state index >= 15 is 0 Å². The third-order valence-corrected chi connectivity index (χ3v) is 1.13. The minimum atomic E-state index is 0.294. The number of hydrogen-bond acceptors (Lipinski definition) is 2. The Hall–Kier alpha value is -1.81. The van der Waals surface area contributed by atoms with E-state index in [9.17, 15) is 0 Å². The van der Waals surface area contributed by atoms with Crippen molar-refractivity contribution in [3.63, 3.8) is 0 Å². The van der Waals surface area contributed by atoms with Crippen LogP contribution in [-0.4, -0.2) is 9.78 Å². The van der Waals surface area contributed by atoms with Crippen LogP contribution in [0.2, 0.25) is 0 Å². The molecule has 0 saturated heterocycles. The number of aryl methyl sites for hydroxylation is 1. The second-order valence-electron chi connectivity index (χ2n) is 1.73. The Labute approximate surface area is 58.1 Å². The first-order valence-corrected chi connectivity index (χ1v) is 2.59. The summed E-state index contributed by atoms with van der Waals surface area (Å²) in [6.45, 7) is 6.66. The summed E-state index contributed by atoms with van der Waals surface area (Å²) < 4.78 is 1.38. The number of hydrogen-bond donors (Lipinski definition) is 0. The summed E-state index contributed by atoms with van der Waals surface area (Å²) in [6, 6.07) is 1.87. The standard InChI is InChI=1S/C6H4N4/c1-8-6-5(3-7)4-9-10(6)2/h4H,2H3. The lowest BCUT2D eigenvalue weighted by atomic mass is 10.4. The third-order valence-electron chi connectivity index (χ3n) is 1.13. The molecule has 1 heterocycles. The first-order valence-electron chi connectivity index (χ1n) is 2.59. The minimum Gasteiger partial charge on any atom is -0.361 e. The highest BCUT2D eigenvalue weighted by molar-refractivity contribution is 5.51. The lowest BCUT2D eigenvalue weighted by Gasteiger charge is -1.86. The van der Waals surface area contributed by atoms with Gasteiger partial charge in [-0.25, -0.2) is 0 Å². The Morgan fingerprint density at radius 1 is 1.90 bits per heavy atom. The second kappa shape index (κ2) is 2.20. The van der Waals surface area contributed by atoms with Gasteiger partial charge >= 0.3 is 0 Å². The Morgan fingerprint density at radius 2 is 2.60 bits per heavy atom. The summed E-state index contributed by atoms with van der Waals surface area (Å²) >= 11 is 0. The summed E-state index contributed by atoms with van der Waals surface area (Å²) in [5, 5.41) is 12.2. The van der Waals surface area contributed by atoms with Crippen LogP contribution >= 0.6 is 0 Å². The average Bonchev–Trinajstić information content (AvgIpc) is 2.30. The molecule has 0 aromatic carbocycles. The van der Waals surface area contributed by atoms with E-state index in [1.807, 2.05) is 6.07 Å². The zero-order chi connectivity index (χ0) is 7.56. The van der Waals surface area contributed by atoms with Gasteiger partial charge in [0.15, 0.2) is 0 Å². The molecule has 1 aromatic rings. The fourth-order valence-electron chi connectivity index (χ4n) is 0.643. The van der Waals surface area contributed by atoms with Gasteiger partial charge in [0.1, 0.15) is 0 Å². The van der Waals surface area contributed by atoms with Gasteiger partial charge in [0, 0.05) is 0 Å². The van der Waals surface area contributed by atoms with Gasteiger partial charge in [-0.2, -0.15) is 9.94 Å². The van der Waals surface area contributed by atoms with Crippen molar-refractivity contribution in [3.8, 4) is 6.07 Å². The molecule has 0 atom stereocenters. The predicted molar refractivity (Wildman–Crippen MR) is 34.2 cm³/mol. The van der Waals surface area contributed by atoms with Crippen LogP contribution in [-0.2, 0) is 7.05 Å². The predicted octanol–water partition coefficient (Wildman–Crippen LogP) is 0.843. The number of nitriles is 1. The third kappa shape index (κ3) is 0.723. The second-order valence-corrected chi connectivity index (χ2v) is 1.73. The summed E-state index contributed by atoms with van der Waals surface area (Å²) in [5.74, 6) is 0.294. The molecule has 48 valence electrons. The first kappa shape index (κ1) is 6.31. The Morgan fingerprint density at radius 3 is 3.00 bits per heavy atom. The Balaban J connectivity index is 3.34. The fraction of sp³-hybridized carbons (Fsp3) is 0.167. The largest absolute Gasteiger partial charge is 0.361 e. The lowest BCUT2D eigenvalue weighted by Crippen LogP contribution is -1.86. The van der Waals surface area contributed by atoms with Gasteiger partial charge in [-0.1, -0.05) is 6.57 Å². The monoisotopic (exact) mass is 132 g/mol. The van der Waals surface area contributed by atoms with E-state index in [1.54, 1.807) is 7.05 Å². The highest BCUT2D eigenvalue weighted by Crippen LogP contribution is 2.15. The van der Waals surface area contributed by atoms with Gasteiger partial charge in [0.05, 0.1) is 24.9 Å². The van der Waals surface area contributed by atoms with Gasteiger partial charge in [-0.3, -0.25) is 0 Å². The SMILES string of the molecule is [C-]#[N+]c1c(C#N)cnn1C. The minimum absolute atomic E-state index is 0.294. The zero-order valence-electron chi connectivity index (χ0n) is 5.37. The van der Waals surface area contributed by atoms with Crippen LogP contribution in [0.5, 0.6) is 0 Å². The molecular weight excluding hydrogens is 128 g/mol. The quantitative estimate of drug-likeness (QED) is 0.491. The molecule has 1 rings (SSSR count). The molecular formula is C6H4N4. The van der Waals surface area contributed by atoms with E-state index in [1.165, 1.54) is 10.9 Å². The number of nitrogens with zero attached hydrogens (tertiary/aromatic N) is 4. The molecule has 4 heteroatoms. The van der Waals surface area contributed by atoms with E-state index in [0.717, 1.165) is 0 Å². The topological polar surface area (TPSA) is 46.0 Å². The van der Waals surface area contributed by atoms with E-state index in [0.29, 0.717) is 11.4 Å². The normalized spacial score (nSPS) is 8.30. The van der Waals surface area contributed by atoms with Crippen molar-refractivity contribution < 1.29 is 0 Å². The van der Waals surface area contributed by atoms with Gasteiger partial charge in [0.25, 0.3) is 5.82 Å². The van der Waals surface area contributed by atoms with Crippen molar-refractivity contribution in [1.29, 1.82) is 5.26 Å². The zero-order valence-corrected chi connectivity index (χ0v) is 5.37. The molecule has 0 amide bonds. The van der Waals surface area contributed by atoms with Crippen LogP contribution in [0.4, 0.5) is 5.82 Å². The van der Waals surface area contributed by atoms with E-state index in [2.05, 4.69) is 9.94 Å². The van der Waals surface area contributed by atoms with Gasteiger partial charge in [-0.05, 0) is 0 Å². The molecule has 0 spiro atoms. The van der Waals surface area contributed by atoms with Crippen molar-refractivity contribution in [3.05, 3.63) is 23.2 Å². The van der Waals surface area contributed by atoms with Crippen molar-refractivity contribution in [2.75, 3.05) is 0 Å². The number of rotatable bonds is 0. The molecule has 0 saturated carbocycles. The molecule has 0 bridgehead atoms. The average molecular weight is 132 g/mol. The molecule has 0 N–H and O–H groups in total.